The number of aromatic carboxylic acids is 1. The van der Waals surface area contributed by atoms with Crippen molar-refractivity contribution in [3.8, 4) is 10.4 Å². The summed E-state index contributed by atoms with van der Waals surface area (Å²) in [5.74, 6) is -0.591. The number of rotatable bonds is 5. The first-order valence-electron chi connectivity index (χ1n) is 10.5. The first kappa shape index (κ1) is 21.0. The number of carbonyl (C=O) groups is 2. The van der Waals surface area contributed by atoms with Crippen molar-refractivity contribution < 1.29 is 24.2 Å². The van der Waals surface area contributed by atoms with Gasteiger partial charge in [-0.3, -0.25) is 9.69 Å². The van der Waals surface area contributed by atoms with Gasteiger partial charge in [0.1, 0.15) is 4.88 Å². The van der Waals surface area contributed by atoms with E-state index in [0.717, 1.165) is 36.1 Å². The average Bonchev–Trinajstić information content (AvgIpc) is 3.21. The molecule has 1 unspecified atom stereocenters. The maximum Gasteiger partial charge on any atom is 0.348 e. The molecule has 1 saturated carbocycles. The molecule has 2 heterocycles. The lowest BCUT2D eigenvalue weighted by Crippen LogP contribution is -2.50. The molecule has 6 nitrogen and oxygen atoms in total. The second-order valence-electron chi connectivity index (χ2n) is 8.06. The molecule has 4 rings (SSSR count). The number of benzene rings is 1. The van der Waals surface area contributed by atoms with Crippen molar-refractivity contribution >= 4 is 28.9 Å². The van der Waals surface area contributed by atoms with Crippen LogP contribution < -0.4 is 4.90 Å². The third-order valence-electron chi connectivity index (χ3n) is 5.91. The highest BCUT2D eigenvalue weighted by atomic mass is 32.1. The Morgan fingerprint density at radius 2 is 1.83 bits per heavy atom. The van der Waals surface area contributed by atoms with Gasteiger partial charge in [0, 0.05) is 10.8 Å². The number of amides is 1. The van der Waals surface area contributed by atoms with Crippen LogP contribution in [0.5, 0.6) is 0 Å². The van der Waals surface area contributed by atoms with Crippen LogP contribution in [0.2, 0.25) is 0 Å². The normalized spacial score (nSPS) is 24.4. The summed E-state index contributed by atoms with van der Waals surface area (Å²) in [5.41, 5.74) is 1.33. The largest absolute Gasteiger partial charge is 0.477 e. The van der Waals surface area contributed by atoms with Crippen LogP contribution in [-0.4, -0.2) is 43.0 Å². The lowest BCUT2D eigenvalue weighted by Gasteiger charge is -2.37. The monoisotopic (exact) mass is 429 g/mol. The van der Waals surface area contributed by atoms with Gasteiger partial charge >= 0.3 is 5.97 Å². The summed E-state index contributed by atoms with van der Waals surface area (Å²) in [5, 5.41) is 9.90. The number of carboxylic acid groups (broad SMARTS) is 1. The topological polar surface area (TPSA) is 76.1 Å². The van der Waals surface area contributed by atoms with Gasteiger partial charge < -0.3 is 14.6 Å². The molecule has 2 aromatic rings. The number of hydrogen-bond acceptors (Lipinski definition) is 5. The predicted molar refractivity (Wildman–Crippen MR) is 116 cm³/mol. The van der Waals surface area contributed by atoms with Gasteiger partial charge in [0.25, 0.3) is 0 Å². The van der Waals surface area contributed by atoms with Crippen LogP contribution in [-0.2, 0) is 14.3 Å². The summed E-state index contributed by atoms with van der Waals surface area (Å²) in [6.45, 7) is 3.31. The Bertz CT molecular complexity index is 882. The van der Waals surface area contributed by atoms with E-state index in [4.69, 9.17) is 9.47 Å². The van der Waals surface area contributed by atoms with Crippen LogP contribution in [0.1, 0.15) is 42.3 Å². The molecular weight excluding hydrogens is 402 g/mol. The fourth-order valence-corrected chi connectivity index (χ4v) is 5.20. The minimum atomic E-state index is -1.04. The van der Waals surface area contributed by atoms with Crippen molar-refractivity contribution in [2.75, 3.05) is 24.7 Å². The number of nitrogens with zero attached hydrogens (tertiary/aromatic N) is 1. The zero-order chi connectivity index (χ0) is 21.1. The van der Waals surface area contributed by atoms with E-state index >= 15 is 0 Å². The molecule has 1 aromatic carbocycles. The average molecular weight is 430 g/mol. The van der Waals surface area contributed by atoms with E-state index in [1.165, 1.54) is 11.3 Å². The van der Waals surface area contributed by atoms with Crippen molar-refractivity contribution in [1.29, 1.82) is 0 Å². The van der Waals surface area contributed by atoms with E-state index in [1.54, 1.807) is 4.90 Å². The molecule has 0 spiro atoms. The Morgan fingerprint density at radius 1 is 1.10 bits per heavy atom. The first-order chi connectivity index (χ1) is 14.5. The molecule has 7 heteroatoms. The molecule has 160 valence electrons. The van der Waals surface area contributed by atoms with Gasteiger partial charge in [0.05, 0.1) is 25.5 Å². The molecule has 1 aliphatic heterocycles. The Hall–Kier alpha value is -2.22. The third-order valence-corrected chi connectivity index (χ3v) is 7.07. The Morgan fingerprint density at radius 3 is 2.47 bits per heavy atom. The van der Waals surface area contributed by atoms with E-state index in [9.17, 15) is 14.7 Å². The Labute approximate surface area is 180 Å². The lowest BCUT2D eigenvalue weighted by atomic mass is 9.82. The van der Waals surface area contributed by atoms with Crippen molar-refractivity contribution in [3.05, 3.63) is 41.3 Å². The smallest absolute Gasteiger partial charge is 0.348 e. The van der Waals surface area contributed by atoms with Crippen LogP contribution in [0.15, 0.2) is 36.4 Å². The summed E-state index contributed by atoms with van der Waals surface area (Å²) >= 11 is 1.19. The van der Waals surface area contributed by atoms with Crippen molar-refractivity contribution in [2.45, 2.75) is 38.8 Å². The van der Waals surface area contributed by atoms with E-state index in [0.29, 0.717) is 24.8 Å². The van der Waals surface area contributed by atoms with Crippen LogP contribution in [0.25, 0.3) is 10.4 Å². The minimum absolute atomic E-state index is 0.0580. The standard InChI is InChI=1S/C23H27NO5S/c1-15-7-9-17(10-8-15)22(25)24(20-14-28-11-12-29-20)18-13-19(30-21(18)23(26)27)16-5-3-2-4-6-16/h2-6,13,15,17,20H,7-12,14H2,1H3,(H,26,27). The fourth-order valence-electron chi connectivity index (χ4n) is 4.20. The van der Waals surface area contributed by atoms with Crippen LogP contribution in [0.4, 0.5) is 5.69 Å². The third kappa shape index (κ3) is 4.43. The van der Waals surface area contributed by atoms with Gasteiger partial charge in [0.2, 0.25) is 5.91 Å². The zero-order valence-electron chi connectivity index (χ0n) is 17.1. The number of hydrogen-bond donors (Lipinski definition) is 1. The Kier molecular flexibility index (Phi) is 6.51. The van der Waals surface area contributed by atoms with Crippen LogP contribution in [0.3, 0.4) is 0 Å². The van der Waals surface area contributed by atoms with Gasteiger partial charge in [-0.2, -0.15) is 0 Å². The molecule has 1 aliphatic carbocycles. The zero-order valence-corrected chi connectivity index (χ0v) is 17.9. The molecule has 2 aliphatic rings. The molecule has 1 aromatic heterocycles. The van der Waals surface area contributed by atoms with E-state index in [-0.39, 0.29) is 23.3 Å². The first-order valence-corrected chi connectivity index (χ1v) is 11.3. The highest BCUT2D eigenvalue weighted by molar-refractivity contribution is 7.18. The van der Waals surface area contributed by atoms with Crippen molar-refractivity contribution in [2.24, 2.45) is 11.8 Å². The Balaban J connectivity index is 1.73. The van der Waals surface area contributed by atoms with E-state index in [2.05, 4.69) is 6.92 Å². The highest BCUT2D eigenvalue weighted by Gasteiger charge is 2.37. The molecule has 30 heavy (non-hydrogen) atoms. The summed E-state index contributed by atoms with van der Waals surface area (Å²) in [4.78, 5) is 28.3. The summed E-state index contributed by atoms with van der Waals surface area (Å²) in [6.07, 6.45) is 3.06. The van der Waals surface area contributed by atoms with Crippen molar-refractivity contribution in [1.82, 2.24) is 0 Å². The molecule has 1 saturated heterocycles. The highest BCUT2D eigenvalue weighted by Crippen LogP contribution is 2.40. The predicted octanol–water partition coefficient (Wildman–Crippen LogP) is 4.65. The molecule has 0 radical (unpaired) electrons. The summed E-state index contributed by atoms with van der Waals surface area (Å²) < 4.78 is 11.4. The maximum atomic E-state index is 13.6. The number of anilines is 1. The lowest BCUT2D eigenvalue weighted by molar-refractivity contribution is -0.133. The van der Waals surface area contributed by atoms with Gasteiger partial charge in [-0.1, -0.05) is 37.3 Å². The molecular formula is C23H27NO5S. The minimum Gasteiger partial charge on any atom is -0.477 e. The summed E-state index contributed by atoms with van der Waals surface area (Å²) in [7, 11) is 0. The second kappa shape index (κ2) is 9.29. The van der Waals surface area contributed by atoms with Crippen LogP contribution in [0, 0.1) is 11.8 Å². The van der Waals surface area contributed by atoms with Gasteiger partial charge in [-0.25, -0.2) is 4.79 Å². The summed E-state index contributed by atoms with van der Waals surface area (Å²) in [6, 6.07) is 11.4. The number of ether oxygens (including phenoxy) is 2. The SMILES string of the molecule is CC1CCC(C(=O)N(c2cc(-c3ccccc3)sc2C(=O)O)C2COCCO2)CC1. The molecule has 1 atom stereocenters. The van der Waals surface area contributed by atoms with Gasteiger partial charge in [-0.15, -0.1) is 11.3 Å². The molecule has 0 bridgehead atoms. The quantitative estimate of drug-likeness (QED) is 0.749. The fraction of sp³-hybridized carbons (Fsp3) is 0.478. The van der Waals surface area contributed by atoms with Gasteiger partial charge in [0.15, 0.2) is 6.23 Å². The number of thiophene rings is 1. The van der Waals surface area contributed by atoms with Gasteiger partial charge in [-0.05, 0) is 43.2 Å². The van der Waals surface area contributed by atoms with Crippen LogP contribution >= 0.6 is 11.3 Å². The van der Waals surface area contributed by atoms with E-state index < -0.39 is 12.2 Å². The molecule has 1 amide bonds. The maximum absolute atomic E-state index is 13.6. The molecule has 1 N–H and O–H groups in total. The second-order valence-corrected chi connectivity index (χ2v) is 9.11. The molecule has 2 fully saturated rings. The van der Waals surface area contributed by atoms with E-state index in [1.807, 2.05) is 36.4 Å². The number of carbonyl (C=O) groups excluding carboxylic acids is 1. The van der Waals surface area contributed by atoms with Crippen molar-refractivity contribution in [3.63, 3.8) is 0 Å². The number of carboxylic acids is 1.